The van der Waals surface area contributed by atoms with Gasteiger partial charge >= 0.3 is 0 Å². The summed E-state index contributed by atoms with van der Waals surface area (Å²) in [6.45, 7) is 7.76. The van der Waals surface area contributed by atoms with Gasteiger partial charge in [0.1, 0.15) is 0 Å². The molecule has 0 aromatic carbocycles. The van der Waals surface area contributed by atoms with Crippen molar-refractivity contribution in [3.8, 4) is 11.8 Å². The number of hydrogen-bond acceptors (Lipinski definition) is 2. The molecule has 1 heterocycles. The highest BCUT2D eigenvalue weighted by atomic mass is 15.3. The molecule has 0 aliphatic heterocycles. The van der Waals surface area contributed by atoms with Crippen LogP contribution in [-0.4, -0.2) is 16.3 Å². The number of nitrogens with zero attached hydrogens (tertiary/aromatic N) is 2. The number of aryl methyl sites for hydroxylation is 1. The second kappa shape index (κ2) is 5.57. The lowest BCUT2D eigenvalue weighted by molar-refractivity contribution is 0.707. The van der Waals surface area contributed by atoms with E-state index in [1.807, 2.05) is 18.7 Å². The summed E-state index contributed by atoms with van der Waals surface area (Å²) in [5.41, 5.74) is 2.44. The van der Waals surface area contributed by atoms with E-state index < -0.39 is 0 Å². The summed E-state index contributed by atoms with van der Waals surface area (Å²) in [7, 11) is 1.96. The molecule has 0 atom stereocenters. The molecule has 0 unspecified atom stereocenters. The third kappa shape index (κ3) is 3.41. The Morgan fingerprint density at radius 2 is 2.27 bits per heavy atom. The summed E-state index contributed by atoms with van der Waals surface area (Å²) >= 11 is 0. The molecular weight excluding hydrogens is 186 g/mol. The first-order valence-electron chi connectivity index (χ1n) is 5.28. The second-order valence-corrected chi connectivity index (χ2v) is 3.90. The largest absolute Gasteiger partial charge is 0.302 e. The summed E-state index contributed by atoms with van der Waals surface area (Å²) in [5.74, 6) is 6.32. The molecule has 0 bridgehead atoms. The fourth-order valence-electron chi connectivity index (χ4n) is 1.53. The zero-order chi connectivity index (χ0) is 11.3. The number of aromatic nitrogens is 2. The number of hydrogen-bond donors (Lipinski definition) is 1. The second-order valence-electron chi connectivity index (χ2n) is 3.90. The molecule has 3 heteroatoms. The van der Waals surface area contributed by atoms with E-state index in [0.717, 1.165) is 13.1 Å². The Morgan fingerprint density at radius 1 is 1.53 bits per heavy atom. The first kappa shape index (κ1) is 11.8. The Labute approximate surface area is 91.9 Å². The molecule has 1 N–H and O–H groups in total. The lowest BCUT2D eigenvalue weighted by atomic mass is 10.1. The fourth-order valence-corrected chi connectivity index (χ4v) is 1.53. The molecule has 0 radical (unpaired) electrons. The van der Waals surface area contributed by atoms with Crippen molar-refractivity contribution in [3.63, 3.8) is 0 Å². The highest BCUT2D eigenvalue weighted by molar-refractivity contribution is 5.20. The standard InChI is InChI=1S/C12H19N3/c1-5-6-7-13-8-11-9-15(4)14-12(11)10(2)3/h9-10,13H,7-8H2,1-4H3. The van der Waals surface area contributed by atoms with Crippen LogP contribution in [0.15, 0.2) is 6.20 Å². The maximum absolute atomic E-state index is 4.45. The Hall–Kier alpha value is -1.27. The van der Waals surface area contributed by atoms with Gasteiger partial charge in [-0.05, 0) is 12.8 Å². The first-order chi connectivity index (χ1) is 7.15. The molecule has 0 aliphatic rings. The van der Waals surface area contributed by atoms with Gasteiger partial charge in [-0.25, -0.2) is 0 Å². The smallest absolute Gasteiger partial charge is 0.0694 e. The molecule has 0 saturated carbocycles. The number of rotatable bonds is 4. The van der Waals surface area contributed by atoms with Crippen molar-refractivity contribution in [2.45, 2.75) is 33.2 Å². The van der Waals surface area contributed by atoms with Crippen molar-refractivity contribution in [2.24, 2.45) is 7.05 Å². The lowest BCUT2D eigenvalue weighted by Gasteiger charge is -2.04. The van der Waals surface area contributed by atoms with Crippen LogP contribution in [0, 0.1) is 11.8 Å². The monoisotopic (exact) mass is 205 g/mol. The predicted molar refractivity (Wildman–Crippen MR) is 62.5 cm³/mol. The first-order valence-corrected chi connectivity index (χ1v) is 5.28. The molecule has 0 aliphatic carbocycles. The Bertz CT molecular complexity index is 366. The van der Waals surface area contributed by atoms with Crippen LogP contribution < -0.4 is 5.32 Å². The molecular formula is C12H19N3. The van der Waals surface area contributed by atoms with Gasteiger partial charge in [-0.1, -0.05) is 19.8 Å². The Balaban J connectivity index is 2.61. The molecule has 0 spiro atoms. The van der Waals surface area contributed by atoms with Gasteiger partial charge in [-0.3, -0.25) is 4.68 Å². The van der Waals surface area contributed by atoms with Gasteiger partial charge < -0.3 is 5.32 Å². The maximum atomic E-state index is 4.45. The predicted octanol–water partition coefficient (Wildman–Crippen LogP) is 1.66. The van der Waals surface area contributed by atoms with Crippen molar-refractivity contribution in [1.82, 2.24) is 15.1 Å². The average Bonchev–Trinajstić information content (AvgIpc) is 2.55. The molecule has 3 nitrogen and oxygen atoms in total. The zero-order valence-corrected chi connectivity index (χ0v) is 9.96. The van der Waals surface area contributed by atoms with Crippen LogP contribution >= 0.6 is 0 Å². The van der Waals surface area contributed by atoms with Gasteiger partial charge in [0.15, 0.2) is 0 Å². The molecule has 1 aromatic rings. The third-order valence-electron chi connectivity index (χ3n) is 2.19. The van der Waals surface area contributed by atoms with Crippen LogP contribution in [0.1, 0.15) is 37.9 Å². The van der Waals surface area contributed by atoms with E-state index >= 15 is 0 Å². The Kier molecular flexibility index (Phi) is 4.38. The van der Waals surface area contributed by atoms with Crippen molar-refractivity contribution < 1.29 is 0 Å². The van der Waals surface area contributed by atoms with Crippen LogP contribution in [0.25, 0.3) is 0 Å². The van der Waals surface area contributed by atoms with Crippen molar-refractivity contribution in [3.05, 3.63) is 17.5 Å². The highest BCUT2D eigenvalue weighted by Gasteiger charge is 2.10. The molecule has 1 rings (SSSR count). The summed E-state index contributed by atoms with van der Waals surface area (Å²) in [4.78, 5) is 0. The van der Waals surface area contributed by atoms with Crippen LogP contribution in [0.3, 0.4) is 0 Å². The van der Waals surface area contributed by atoms with E-state index in [9.17, 15) is 0 Å². The Morgan fingerprint density at radius 3 is 2.87 bits per heavy atom. The highest BCUT2D eigenvalue weighted by Crippen LogP contribution is 2.16. The maximum Gasteiger partial charge on any atom is 0.0694 e. The number of nitrogens with one attached hydrogen (secondary N) is 1. The molecule has 1 aromatic heterocycles. The molecule has 82 valence electrons. The van der Waals surface area contributed by atoms with E-state index in [1.165, 1.54) is 11.3 Å². The quantitative estimate of drug-likeness (QED) is 0.598. The van der Waals surface area contributed by atoms with E-state index in [0.29, 0.717) is 5.92 Å². The summed E-state index contributed by atoms with van der Waals surface area (Å²) in [6, 6.07) is 0. The van der Waals surface area contributed by atoms with Gasteiger partial charge in [-0.15, -0.1) is 5.92 Å². The molecule has 0 saturated heterocycles. The zero-order valence-electron chi connectivity index (χ0n) is 9.96. The van der Waals surface area contributed by atoms with Crippen molar-refractivity contribution >= 4 is 0 Å². The molecule has 0 amide bonds. The van der Waals surface area contributed by atoms with Crippen LogP contribution in [-0.2, 0) is 13.6 Å². The minimum atomic E-state index is 0.472. The van der Waals surface area contributed by atoms with Crippen LogP contribution in [0.4, 0.5) is 0 Å². The van der Waals surface area contributed by atoms with Gasteiger partial charge in [0.25, 0.3) is 0 Å². The molecule has 15 heavy (non-hydrogen) atoms. The van der Waals surface area contributed by atoms with E-state index in [4.69, 9.17) is 0 Å². The summed E-state index contributed by atoms with van der Waals surface area (Å²) < 4.78 is 1.87. The van der Waals surface area contributed by atoms with E-state index in [1.54, 1.807) is 0 Å². The van der Waals surface area contributed by atoms with Crippen LogP contribution in [0.2, 0.25) is 0 Å². The minimum Gasteiger partial charge on any atom is -0.302 e. The third-order valence-corrected chi connectivity index (χ3v) is 2.19. The van der Waals surface area contributed by atoms with Crippen molar-refractivity contribution in [1.29, 1.82) is 0 Å². The average molecular weight is 205 g/mol. The SMILES string of the molecule is CC#CCNCc1cn(C)nc1C(C)C. The topological polar surface area (TPSA) is 29.9 Å². The van der Waals surface area contributed by atoms with Gasteiger partial charge in [0.05, 0.1) is 12.2 Å². The van der Waals surface area contributed by atoms with Crippen LogP contribution in [0.5, 0.6) is 0 Å². The lowest BCUT2D eigenvalue weighted by Crippen LogP contribution is -2.14. The van der Waals surface area contributed by atoms with Gasteiger partial charge in [0.2, 0.25) is 0 Å². The normalized spacial score (nSPS) is 10.2. The van der Waals surface area contributed by atoms with E-state index in [2.05, 4.69) is 42.3 Å². The summed E-state index contributed by atoms with van der Waals surface area (Å²) in [5, 5.41) is 7.73. The summed E-state index contributed by atoms with van der Waals surface area (Å²) in [6.07, 6.45) is 2.07. The van der Waals surface area contributed by atoms with Gasteiger partial charge in [0, 0.05) is 25.4 Å². The fraction of sp³-hybridized carbons (Fsp3) is 0.583. The minimum absolute atomic E-state index is 0.472. The van der Waals surface area contributed by atoms with E-state index in [-0.39, 0.29) is 0 Å². The molecule has 0 fully saturated rings. The van der Waals surface area contributed by atoms with Crippen molar-refractivity contribution in [2.75, 3.05) is 6.54 Å². The van der Waals surface area contributed by atoms with Gasteiger partial charge in [-0.2, -0.15) is 5.10 Å².